The first-order valence-corrected chi connectivity index (χ1v) is 8.62. The van der Waals surface area contributed by atoms with Crippen LogP contribution >= 0.6 is 0 Å². The van der Waals surface area contributed by atoms with Gasteiger partial charge in [-0.1, -0.05) is 30.3 Å². The van der Waals surface area contributed by atoms with Crippen LogP contribution in [0.2, 0.25) is 0 Å². The molecule has 1 aliphatic rings. The molecule has 1 aliphatic heterocycles. The van der Waals surface area contributed by atoms with E-state index in [0.717, 1.165) is 28.9 Å². The quantitative estimate of drug-likeness (QED) is 0.748. The molecule has 132 valence electrons. The zero-order chi connectivity index (χ0) is 18.0. The molecular formula is C20H25N3O2. The van der Waals surface area contributed by atoms with Crippen molar-refractivity contribution in [1.82, 2.24) is 10.8 Å². The third kappa shape index (κ3) is 3.44. The van der Waals surface area contributed by atoms with Gasteiger partial charge in [0.05, 0.1) is 6.04 Å². The van der Waals surface area contributed by atoms with Crippen LogP contribution in [0.5, 0.6) is 0 Å². The van der Waals surface area contributed by atoms with Crippen molar-refractivity contribution < 1.29 is 10.0 Å². The lowest BCUT2D eigenvalue weighted by atomic mass is 9.89. The van der Waals surface area contributed by atoms with Gasteiger partial charge >= 0.3 is 0 Å². The lowest BCUT2D eigenvalue weighted by molar-refractivity contribution is -0.117. The first kappa shape index (κ1) is 17.6. The van der Waals surface area contributed by atoms with E-state index >= 15 is 0 Å². The second-order valence-corrected chi connectivity index (χ2v) is 6.66. The SMILES string of the molecule is CNCc1ccc(-c2ccc3c(c2)C(NO)CC(C)N3C(C)=O)cc1. The molecule has 5 nitrogen and oxygen atoms in total. The summed E-state index contributed by atoms with van der Waals surface area (Å²) in [6, 6.07) is 14.4. The van der Waals surface area contributed by atoms with Gasteiger partial charge in [0.1, 0.15) is 0 Å². The third-order valence-corrected chi connectivity index (χ3v) is 4.84. The molecule has 5 heteroatoms. The average Bonchev–Trinajstić information content (AvgIpc) is 2.61. The van der Waals surface area contributed by atoms with Gasteiger partial charge in [-0.2, -0.15) is 5.48 Å². The minimum absolute atomic E-state index is 0.0225. The molecule has 0 aromatic heterocycles. The second-order valence-electron chi connectivity index (χ2n) is 6.66. The Morgan fingerprint density at radius 2 is 1.88 bits per heavy atom. The van der Waals surface area contributed by atoms with Gasteiger partial charge in [0.15, 0.2) is 0 Å². The zero-order valence-corrected chi connectivity index (χ0v) is 14.9. The summed E-state index contributed by atoms with van der Waals surface area (Å²) in [4.78, 5) is 13.9. The summed E-state index contributed by atoms with van der Waals surface area (Å²) in [6.07, 6.45) is 0.674. The van der Waals surface area contributed by atoms with Gasteiger partial charge in [-0.25, -0.2) is 0 Å². The lowest BCUT2D eigenvalue weighted by Gasteiger charge is -2.38. The Balaban J connectivity index is 2.01. The number of carbonyl (C=O) groups is 1. The summed E-state index contributed by atoms with van der Waals surface area (Å²) >= 11 is 0. The fraction of sp³-hybridized carbons (Fsp3) is 0.350. The molecule has 2 unspecified atom stereocenters. The molecule has 25 heavy (non-hydrogen) atoms. The van der Waals surface area contributed by atoms with Crippen LogP contribution in [0.15, 0.2) is 42.5 Å². The molecule has 2 aromatic rings. The van der Waals surface area contributed by atoms with E-state index in [4.69, 9.17) is 0 Å². The van der Waals surface area contributed by atoms with Crippen LogP contribution in [0.4, 0.5) is 5.69 Å². The number of nitrogens with one attached hydrogen (secondary N) is 2. The van der Waals surface area contributed by atoms with Crippen molar-refractivity contribution in [2.24, 2.45) is 0 Å². The van der Waals surface area contributed by atoms with Crippen LogP contribution in [-0.2, 0) is 11.3 Å². The number of amides is 1. The fourth-order valence-electron chi connectivity index (χ4n) is 3.66. The van der Waals surface area contributed by atoms with Gasteiger partial charge in [0.2, 0.25) is 5.91 Å². The van der Waals surface area contributed by atoms with Crippen molar-refractivity contribution in [1.29, 1.82) is 0 Å². The molecular weight excluding hydrogens is 314 g/mol. The molecule has 0 saturated heterocycles. The highest BCUT2D eigenvalue weighted by atomic mass is 16.5. The lowest BCUT2D eigenvalue weighted by Crippen LogP contribution is -2.44. The number of anilines is 1. The maximum atomic E-state index is 12.1. The number of nitrogens with zero attached hydrogens (tertiary/aromatic N) is 1. The molecule has 1 heterocycles. The van der Waals surface area contributed by atoms with Crippen molar-refractivity contribution in [2.45, 2.75) is 38.9 Å². The van der Waals surface area contributed by atoms with E-state index in [1.165, 1.54) is 5.56 Å². The van der Waals surface area contributed by atoms with E-state index in [-0.39, 0.29) is 18.0 Å². The standard InChI is InChI=1S/C20H25N3O2/c1-13-10-19(22-25)18-11-17(8-9-20(18)23(13)14(2)24)16-6-4-15(5-7-16)12-21-3/h4-9,11,13,19,21-22,25H,10,12H2,1-3H3. The maximum absolute atomic E-state index is 12.1. The van der Waals surface area contributed by atoms with Crippen molar-refractivity contribution in [3.8, 4) is 11.1 Å². The van der Waals surface area contributed by atoms with Crippen LogP contribution in [0.1, 0.15) is 37.4 Å². The number of rotatable bonds is 4. The molecule has 3 rings (SSSR count). The third-order valence-electron chi connectivity index (χ3n) is 4.84. The van der Waals surface area contributed by atoms with Crippen molar-refractivity contribution in [3.05, 3.63) is 53.6 Å². The Morgan fingerprint density at radius 3 is 2.48 bits per heavy atom. The number of hydrogen-bond donors (Lipinski definition) is 3. The van der Waals surface area contributed by atoms with Gasteiger partial charge in [-0.15, -0.1) is 0 Å². The normalized spacial score (nSPS) is 19.6. The van der Waals surface area contributed by atoms with Gasteiger partial charge in [0, 0.05) is 25.2 Å². The van der Waals surface area contributed by atoms with E-state index in [0.29, 0.717) is 6.42 Å². The van der Waals surface area contributed by atoms with Gasteiger partial charge < -0.3 is 15.4 Å². The Morgan fingerprint density at radius 1 is 1.20 bits per heavy atom. The molecule has 1 amide bonds. The summed E-state index contributed by atoms with van der Waals surface area (Å²) in [7, 11) is 1.93. The maximum Gasteiger partial charge on any atom is 0.224 e. The number of hydroxylamine groups is 1. The van der Waals surface area contributed by atoms with Crippen molar-refractivity contribution in [3.63, 3.8) is 0 Å². The van der Waals surface area contributed by atoms with Crippen molar-refractivity contribution in [2.75, 3.05) is 11.9 Å². The summed E-state index contributed by atoms with van der Waals surface area (Å²) in [5, 5.41) is 12.7. The molecule has 3 N–H and O–H groups in total. The monoisotopic (exact) mass is 339 g/mol. The first-order valence-electron chi connectivity index (χ1n) is 8.62. The molecule has 0 aliphatic carbocycles. The van der Waals surface area contributed by atoms with E-state index in [1.807, 2.05) is 31.0 Å². The highest BCUT2D eigenvalue weighted by Gasteiger charge is 2.32. The Labute approximate surface area is 148 Å². The Bertz CT molecular complexity index is 758. The van der Waals surface area contributed by atoms with Crippen molar-refractivity contribution >= 4 is 11.6 Å². The van der Waals surface area contributed by atoms with Crippen LogP contribution in [0.3, 0.4) is 0 Å². The molecule has 0 radical (unpaired) electrons. The van der Waals surface area contributed by atoms with Gasteiger partial charge in [-0.3, -0.25) is 4.79 Å². The molecule has 0 spiro atoms. The number of hydrogen-bond acceptors (Lipinski definition) is 4. The molecule has 0 bridgehead atoms. The highest BCUT2D eigenvalue weighted by molar-refractivity contribution is 5.94. The summed E-state index contributed by atoms with van der Waals surface area (Å²) in [6.45, 7) is 4.43. The number of carbonyl (C=O) groups excluding carboxylic acids is 1. The number of benzene rings is 2. The molecule has 2 aromatic carbocycles. The van der Waals surface area contributed by atoms with Crippen LogP contribution < -0.4 is 15.7 Å². The van der Waals surface area contributed by atoms with E-state index in [2.05, 4.69) is 41.1 Å². The van der Waals surface area contributed by atoms with Gasteiger partial charge in [-0.05, 0) is 54.8 Å². The summed E-state index contributed by atoms with van der Waals surface area (Å²) in [5.41, 5.74) is 7.66. The topological polar surface area (TPSA) is 64.6 Å². The minimum Gasteiger partial charge on any atom is -0.316 e. The molecule has 0 saturated carbocycles. The Hall–Kier alpha value is -2.21. The van der Waals surface area contributed by atoms with Crippen LogP contribution in [0.25, 0.3) is 11.1 Å². The van der Waals surface area contributed by atoms with Crippen LogP contribution in [-0.4, -0.2) is 24.2 Å². The van der Waals surface area contributed by atoms with E-state index < -0.39 is 0 Å². The summed E-state index contributed by atoms with van der Waals surface area (Å²) < 4.78 is 0. The second kappa shape index (κ2) is 7.35. The van der Waals surface area contributed by atoms with Gasteiger partial charge in [0.25, 0.3) is 0 Å². The number of fused-ring (bicyclic) bond motifs is 1. The minimum atomic E-state index is -0.177. The fourth-order valence-corrected chi connectivity index (χ4v) is 3.66. The largest absolute Gasteiger partial charge is 0.316 e. The van der Waals surface area contributed by atoms with E-state index in [1.54, 1.807) is 6.92 Å². The summed E-state index contributed by atoms with van der Waals surface area (Å²) in [5.74, 6) is 0.0225. The molecule has 0 fully saturated rings. The first-order chi connectivity index (χ1) is 12.0. The predicted octanol–water partition coefficient (Wildman–Crippen LogP) is 3.24. The molecule has 2 atom stereocenters. The Kier molecular flexibility index (Phi) is 5.18. The highest BCUT2D eigenvalue weighted by Crippen LogP contribution is 2.39. The van der Waals surface area contributed by atoms with E-state index in [9.17, 15) is 10.0 Å². The van der Waals surface area contributed by atoms with Crippen LogP contribution in [0, 0.1) is 0 Å². The predicted molar refractivity (Wildman–Crippen MR) is 99.5 cm³/mol. The zero-order valence-electron chi connectivity index (χ0n) is 14.9. The smallest absolute Gasteiger partial charge is 0.224 e. The average molecular weight is 339 g/mol.